The second kappa shape index (κ2) is 7.48. The Balaban J connectivity index is 2.39. The Hall–Kier alpha value is -0.840. The lowest BCUT2D eigenvalue weighted by molar-refractivity contribution is 0.198. The molecule has 96 valence electrons. The molecule has 0 fully saturated rings. The van der Waals surface area contributed by atoms with Crippen LogP contribution in [0, 0.1) is 5.92 Å². The van der Waals surface area contributed by atoms with E-state index in [4.69, 9.17) is 22.1 Å². The summed E-state index contributed by atoms with van der Waals surface area (Å²) in [7, 11) is 1.70. The van der Waals surface area contributed by atoms with Gasteiger partial charge in [0.25, 0.3) is 0 Å². The monoisotopic (exact) mass is 257 g/mol. The summed E-state index contributed by atoms with van der Waals surface area (Å²) in [5, 5.41) is 3.95. The standard InChI is InChI=1S/C12H20ClN3O/c1-9(7-15-3-4-17-2)5-10-6-11(13)8-16-12(10)14/h6,8-9,15H,3-5,7H2,1-2H3,(H2,14,16). The number of hydrogen-bond acceptors (Lipinski definition) is 4. The quantitative estimate of drug-likeness (QED) is 0.731. The molecule has 0 aliphatic carbocycles. The van der Waals surface area contributed by atoms with Crippen molar-refractivity contribution in [3.63, 3.8) is 0 Å². The summed E-state index contributed by atoms with van der Waals surface area (Å²) >= 11 is 5.90. The molecule has 0 radical (unpaired) electrons. The van der Waals surface area contributed by atoms with Gasteiger partial charge in [-0.25, -0.2) is 4.98 Å². The number of methoxy groups -OCH3 is 1. The molecule has 0 saturated carbocycles. The van der Waals surface area contributed by atoms with Gasteiger partial charge in [0, 0.05) is 19.9 Å². The lowest BCUT2D eigenvalue weighted by Gasteiger charge is -2.13. The van der Waals surface area contributed by atoms with Crippen molar-refractivity contribution in [1.29, 1.82) is 0 Å². The summed E-state index contributed by atoms with van der Waals surface area (Å²) in [4.78, 5) is 4.05. The van der Waals surface area contributed by atoms with Gasteiger partial charge in [-0.2, -0.15) is 0 Å². The predicted molar refractivity (Wildman–Crippen MR) is 71.3 cm³/mol. The Bertz CT molecular complexity index is 347. The van der Waals surface area contributed by atoms with Crippen molar-refractivity contribution >= 4 is 17.4 Å². The first-order chi connectivity index (χ1) is 8.13. The molecular weight excluding hydrogens is 238 g/mol. The van der Waals surface area contributed by atoms with Gasteiger partial charge in [-0.1, -0.05) is 18.5 Å². The predicted octanol–water partition coefficient (Wildman–Crippen LogP) is 1.73. The average molecular weight is 258 g/mol. The molecule has 0 saturated heterocycles. The number of nitrogens with two attached hydrogens (primary N) is 1. The van der Waals surface area contributed by atoms with Crippen molar-refractivity contribution in [2.45, 2.75) is 13.3 Å². The maximum Gasteiger partial charge on any atom is 0.126 e. The molecule has 5 heteroatoms. The molecule has 3 N–H and O–H groups in total. The van der Waals surface area contributed by atoms with Crippen molar-refractivity contribution in [2.24, 2.45) is 5.92 Å². The fourth-order valence-electron chi connectivity index (χ4n) is 1.63. The van der Waals surface area contributed by atoms with E-state index < -0.39 is 0 Å². The van der Waals surface area contributed by atoms with Crippen LogP contribution in [0.2, 0.25) is 5.02 Å². The summed E-state index contributed by atoms with van der Waals surface area (Å²) in [5.41, 5.74) is 6.82. The number of aromatic nitrogens is 1. The van der Waals surface area contributed by atoms with Crippen LogP contribution in [0.15, 0.2) is 12.3 Å². The molecule has 4 nitrogen and oxygen atoms in total. The van der Waals surface area contributed by atoms with Crippen LogP contribution in [-0.2, 0) is 11.2 Å². The highest BCUT2D eigenvalue weighted by Gasteiger charge is 2.07. The van der Waals surface area contributed by atoms with E-state index in [1.165, 1.54) is 0 Å². The van der Waals surface area contributed by atoms with E-state index in [2.05, 4.69) is 17.2 Å². The number of rotatable bonds is 7. The van der Waals surface area contributed by atoms with Gasteiger partial charge in [-0.3, -0.25) is 0 Å². The minimum absolute atomic E-state index is 0.481. The van der Waals surface area contributed by atoms with Crippen LogP contribution in [0.5, 0.6) is 0 Å². The number of nitrogens with zero attached hydrogens (tertiary/aromatic N) is 1. The number of anilines is 1. The van der Waals surface area contributed by atoms with Gasteiger partial charge in [0.1, 0.15) is 5.82 Å². The van der Waals surface area contributed by atoms with E-state index in [1.54, 1.807) is 13.3 Å². The molecule has 0 bridgehead atoms. The molecule has 1 aromatic heterocycles. The molecule has 1 unspecified atom stereocenters. The Kier molecular flexibility index (Phi) is 6.26. The van der Waals surface area contributed by atoms with Gasteiger partial charge in [0.05, 0.1) is 11.6 Å². The zero-order valence-corrected chi connectivity index (χ0v) is 11.1. The molecule has 0 amide bonds. The van der Waals surface area contributed by atoms with E-state index in [9.17, 15) is 0 Å². The first kappa shape index (κ1) is 14.2. The van der Waals surface area contributed by atoms with Crippen LogP contribution in [0.25, 0.3) is 0 Å². The van der Waals surface area contributed by atoms with Crippen LogP contribution in [0.3, 0.4) is 0 Å². The van der Waals surface area contributed by atoms with Gasteiger partial charge in [0.2, 0.25) is 0 Å². The van der Waals surface area contributed by atoms with E-state index in [0.29, 0.717) is 16.8 Å². The molecular formula is C12H20ClN3O. The van der Waals surface area contributed by atoms with Crippen LogP contribution in [0.1, 0.15) is 12.5 Å². The Morgan fingerprint density at radius 2 is 2.35 bits per heavy atom. The minimum atomic E-state index is 0.481. The van der Waals surface area contributed by atoms with Gasteiger partial charge in [-0.15, -0.1) is 0 Å². The zero-order chi connectivity index (χ0) is 12.7. The highest BCUT2D eigenvalue weighted by Crippen LogP contribution is 2.18. The molecule has 1 rings (SSSR count). The van der Waals surface area contributed by atoms with E-state index in [0.717, 1.165) is 31.7 Å². The number of nitrogens with one attached hydrogen (secondary N) is 1. The fourth-order valence-corrected chi connectivity index (χ4v) is 1.81. The van der Waals surface area contributed by atoms with Crippen LogP contribution < -0.4 is 11.1 Å². The van der Waals surface area contributed by atoms with Crippen molar-refractivity contribution in [1.82, 2.24) is 10.3 Å². The van der Waals surface area contributed by atoms with Crippen molar-refractivity contribution in [3.05, 3.63) is 22.8 Å². The third-order valence-electron chi connectivity index (χ3n) is 2.51. The van der Waals surface area contributed by atoms with Gasteiger partial charge in [-0.05, 0) is 30.5 Å². The lowest BCUT2D eigenvalue weighted by Crippen LogP contribution is -2.26. The van der Waals surface area contributed by atoms with E-state index in [-0.39, 0.29) is 0 Å². The fraction of sp³-hybridized carbons (Fsp3) is 0.583. The Labute approximate surface area is 108 Å². The first-order valence-corrected chi connectivity index (χ1v) is 6.10. The lowest BCUT2D eigenvalue weighted by atomic mass is 10.0. The molecule has 1 aromatic rings. The molecule has 0 aliphatic rings. The number of halogens is 1. The Morgan fingerprint density at radius 1 is 1.59 bits per heavy atom. The molecule has 0 aromatic carbocycles. The minimum Gasteiger partial charge on any atom is -0.383 e. The Morgan fingerprint density at radius 3 is 3.06 bits per heavy atom. The summed E-state index contributed by atoms with van der Waals surface area (Å²) in [6.45, 7) is 4.69. The summed E-state index contributed by atoms with van der Waals surface area (Å²) in [6.07, 6.45) is 2.45. The highest BCUT2D eigenvalue weighted by atomic mass is 35.5. The maximum atomic E-state index is 5.90. The maximum absolute atomic E-state index is 5.90. The molecule has 1 heterocycles. The van der Waals surface area contributed by atoms with E-state index >= 15 is 0 Å². The van der Waals surface area contributed by atoms with Crippen molar-refractivity contribution in [2.75, 3.05) is 32.5 Å². The SMILES string of the molecule is COCCNCC(C)Cc1cc(Cl)cnc1N. The number of ether oxygens (including phenoxy) is 1. The van der Waals surface area contributed by atoms with Crippen LogP contribution in [-0.4, -0.2) is 31.8 Å². The topological polar surface area (TPSA) is 60.2 Å². The number of nitrogen functional groups attached to an aromatic ring is 1. The van der Waals surface area contributed by atoms with Crippen molar-refractivity contribution in [3.8, 4) is 0 Å². The summed E-state index contributed by atoms with van der Waals surface area (Å²) < 4.78 is 4.97. The van der Waals surface area contributed by atoms with Crippen molar-refractivity contribution < 1.29 is 4.74 Å². The zero-order valence-electron chi connectivity index (χ0n) is 10.4. The second-order valence-electron chi connectivity index (χ2n) is 4.20. The highest BCUT2D eigenvalue weighted by molar-refractivity contribution is 6.30. The average Bonchev–Trinajstić information content (AvgIpc) is 2.29. The van der Waals surface area contributed by atoms with Gasteiger partial charge < -0.3 is 15.8 Å². The second-order valence-corrected chi connectivity index (χ2v) is 4.64. The first-order valence-electron chi connectivity index (χ1n) is 5.73. The molecule has 17 heavy (non-hydrogen) atoms. The molecule has 0 aliphatic heterocycles. The number of hydrogen-bond donors (Lipinski definition) is 2. The molecule has 1 atom stereocenters. The van der Waals surface area contributed by atoms with Crippen LogP contribution >= 0.6 is 11.6 Å². The van der Waals surface area contributed by atoms with Gasteiger partial charge >= 0.3 is 0 Å². The van der Waals surface area contributed by atoms with Crippen LogP contribution in [0.4, 0.5) is 5.82 Å². The largest absolute Gasteiger partial charge is 0.383 e. The third-order valence-corrected chi connectivity index (χ3v) is 2.72. The summed E-state index contributed by atoms with van der Waals surface area (Å²) in [5.74, 6) is 1.05. The number of pyridine rings is 1. The molecule has 0 spiro atoms. The third kappa shape index (κ3) is 5.35. The normalized spacial score (nSPS) is 12.6. The van der Waals surface area contributed by atoms with E-state index in [1.807, 2.05) is 6.07 Å². The smallest absolute Gasteiger partial charge is 0.126 e. The van der Waals surface area contributed by atoms with Gasteiger partial charge in [0.15, 0.2) is 0 Å². The summed E-state index contributed by atoms with van der Waals surface area (Å²) in [6, 6.07) is 1.88.